The number of likely N-dealkylation sites (tertiary alicyclic amines) is 1. The lowest BCUT2D eigenvalue weighted by Gasteiger charge is -2.34. The quantitative estimate of drug-likeness (QED) is 0.766. The van der Waals surface area contributed by atoms with Gasteiger partial charge < -0.3 is 4.90 Å². The Bertz CT molecular complexity index is 466. The van der Waals surface area contributed by atoms with E-state index in [1.54, 1.807) is 5.51 Å². The molecule has 0 unspecified atom stereocenters. The lowest BCUT2D eigenvalue weighted by atomic mass is 9.82. The predicted molar refractivity (Wildman–Crippen MR) is 65.7 cm³/mol. The molecule has 0 aromatic carbocycles. The SMILES string of the molecule is Cc1ncsc1C(=O)N1CCC(C)(C#N)CC1. The molecule has 0 spiro atoms. The van der Waals surface area contributed by atoms with Crippen LogP contribution in [0, 0.1) is 23.7 Å². The van der Waals surface area contributed by atoms with Gasteiger partial charge in [-0.15, -0.1) is 11.3 Å². The molecule has 4 nitrogen and oxygen atoms in total. The number of carbonyl (C=O) groups is 1. The second-order valence-corrected chi connectivity index (χ2v) is 5.59. The number of nitriles is 1. The number of hydrogen-bond acceptors (Lipinski definition) is 4. The summed E-state index contributed by atoms with van der Waals surface area (Å²) in [6.45, 7) is 5.15. The lowest BCUT2D eigenvalue weighted by molar-refractivity contribution is 0.0665. The van der Waals surface area contributed by atoms with Crippen LogP contribution in [-0.2, 0) is 0 Å². The van der Waals surface area contributed by atoms with Crippen LogP contribution in [0.25, 0.3) is 0 Å². The normalized spacial score (nSPS) is 18.8. The smallest absolute Gasteiger partial charge is 0.265 e. The third kappa shape index (κ3) is 2.32. The van der Waals surface area contributed by atoms with Gasteiger partial charge in [0.1, 0.15) is 4.88 Å². The summed E-state index contributed by atoms with van der Waals surface area (Å²) < 4.78 is 0. The number of nitrogens with zero attached hydrogens (tertiary/aromatic N) is 3. The van der Waals surface area contributed by atoms with Crippen LogP contribution in [0.15, 0.2) is 5.51 Å². The molecule has 1 fully saturated rings. The number of rotatable bonds is 1. The number of thiazole rings is 1. The average Bonchev–Trinajstić information content (AvgIpc) is 2.76. The molecular formula is C12H15N3OS. The topological polar surface area (TPSA) is 57.0 Å². The van der Waals surface area contributed by atoms with Crippen molar-refractivity contribution in [3.05, 3.63) is 16.1 Å². The average molecular weight is 249 g/mol. The Balaban J connectivity index is 2.06. The first-order valence-electron chi connectivity index (χ1n) is 5.66. The molecule has 5 heteroatoms. The van der Waals surface area contributed by atoms with Crippen LogP contribution in [0.5, 0.6) is 0 Å². The molecule has 1 aliphatic heterocycles. The van der Waals surface area contributed by atoms with Crippen LogP contribution in [0.4, 0.5) is 0 Å². The van der Waals surface area contributed by atoms with Crippen molar-refractivity contribution in [2.75, 3.05) is 13.1 Å². The molecule has 0 saturated carbocycles. The summed E-state index contributed by atoms with van der Waals surface area (Å²) in [7, 11) is 0. The largest absolute Gasteiger partial charge is 0.338 e. The minimum absolute atomic E-state index is 0.0602. The van der Waals surface area contributed by atoms with Gasteiger partial charge in [-0.2, -0.15) is 5.26 Å². The predicted octanol–water partition coefficient (Wildman–Crippen LogP) is 2.22. The van der Waals surface area contributed by atoms with Crippen LogP contribution in [-0.4, -0.2) is 28.9 Å². The highest BCUT2D eigenvalue weighted by molar-refractivity contribution is 7.11. The number of piperidine rings is 1. The third-order valence-electron chi connectivity index (χ3n) is 3.36. The summed E-state index contributed by atoms with van der Waals surface area (Å²) in [5.41, 5.74) is 2.24. The molecule has 1 aliphatic rings. The van der Waals surface area contributed by atoms with E-state index in [1.165, 1.54) is 11.3 Å². The van der Waals surface area contributed by atoms with Gasteiger partial charge in [0, 0.05) is 13.1 Å². The molecular weight excluding hydrogens is 234 g/mol. The van der Waals surface area contributed by atoms with Crippen molar-refractivity contribution in [2.45, 2.75) is 26.7 Å². The number of carbonyl (C=O) groups excluding carboxylic acids is 1. The second-order valence-electron chi connectivity index (χ2n) is 4.73. The van der Waals surface area contributed by atoms with Crippen LogP contribution >= 0.6 is 11.3 Å². The Kier molecular flexibility index (Phi) is 3.16. The molecule has 17 heavy (non-hydrogen) atoms. The van der Waals surface area contributed by atoms with E-state index in [9.17, 15) is 4.79 Å². The van der Waals surface area contributed by atoms with E-state index >= 15 is 0 Å². The summed E-state index contributed by atoms with van der Waals surface area (Å²) in [5, 5.41) is 9.04. The molecule has 0 bridgehead atoms. The van der Waals surface area contributed by atoms with E-state index in [2.05, 4.69) is 11.1 Å². The maximum absolute atomic E-state index is 12.2. The maximum Gasteiger partial charge on any atom is 0.265 e. The molecule has 0 aliphatic carbocycles. The zero-order valence-electron chi connectivity index (χ0n) is 10.1. The van der Waals surface area contributed by atoms with Gasteiger partial charge in [-0.3, -0.25) is 4.79 Å². The molecule has 1 aromatic heterocycles. The van der Waals surface area contributed by atoms with Crippen LogP contribution < -0.4 is 0 Å². The highest BCUT2D eigenvalue weighted by atomic mass is 32.1. The van der Waals surface area contributed by atoms with Gasteiger partial charge in [-0.1, -0.05) is 0 Å². The van der Waals surface area contributed by atoms with E-state index < -0.39 is 0 Å². The summed E-state index contributed by atoms with van der Waals surface area (Å²) in [6, 6.07) is 2.34. The fraction of sp³-hybridized carbons (Fsp3) is 0.583. The highest BCUT2D eigenvalue weighted by Crippen LogP contribution is 2.30. The molecule has 90 valence electrons. The summed E-state index contributed by atoms with van der Waals surface area (Å²) in [5.74, 6) is 0.0602. The van der Waals surface area contributed by atoms with E-state index in [0.717, 1.165) is 23.4 Å². The van der Waals surface area contributed by atoms with E-state index in [-0.39, 0.29) is 11.3 Å². The zero-order valence-corrected chi connectivity index (χ0v) is 10.9. The summed E-state index contributed by atoms with van der Waals surface area (Å²) in [4.78, 5) is 18.9. The van der Waals surface area contributed by atoms with Gasteiger partial charge in [0.15, 0.2) is 0 Å². The van der Waals surface area contributed by atoms with Crippen LogP contribution in [0.2, 0.25) is 0 Å². The first-order chi connectivity index (χ1) is 8.06. The lowest BCUT2D eigenvalue weighted by Crippen LogP contribution is -2.41. The fourth-order valence-corrected chi connectivity index (χ4v) is 2.74. The van der Waals surface area contributed by atoms with Crippen LogP contribution in [0.1, 0.15) is 35.1 Å². The summed E-state index contributed by atoms with van der Waals surface area (Å²) in [6.07, 6.45) is 1.51. The summed E-state index contributed by atoms with van der Waals surface area (Å²) >= 11 is 1.39. The number of aromatic nitrogens is 1. The van der Waals surface area contributed by atoms with Crippen molar-refractivity contribution in [3.8, 4) is 6.07 Å². The molecule has 0 radical (unpaired) electrons. The van der Waals surface area contributed by atoms with Gasteiger partial charge in [-0.25, -0.2) is 4.98 Å². The molecule has 2 rings (SSSR count). The Hall–Kier alpha value is -1.41. The zero-order chi connectivity index (χ0) is 12.5. The van der Waals surface area contributed by atoms with E-state index in [4.69, 9.17) is 5.26 Å². The third-order valence-corrected chi connectivity index (χ3v) is 4.28. The Morgan fingerprint density at radius 2 is 2.24 bits per heavy atom. The van der Waals surface area contributed by atoms with E-state index in [0.29, 0.717) is 13.1 Å². The number of amides is 1. The minimum Gasteiger partial charge on any atom is -0.338 e. The molecule has 2 heterocycles. The molecule has 0 atom stereocenters. The van der Waals surface area contributed by atoms with Crippen molar-refractivity contribution < 1.29 is 4.79 Å². The van der Waals surface area contributed by atoms with Crippen molar-refractivity contribution in [2.24, 2.45) is 5.41 Å². The van der Waals surface area contributed by atoms with Gasteiger partial charge >= 0.3 is 0 Å². The van der Waals surface area contributed by atoms with Crippen molar-refractivity contribution >= 4 is 17.2 Å². The molecule has 0 N–H and O–H groups in total. The van der Waals surface area contributed by atoms with Crippen LogP contribution in [0.3, 0.4) is 0 Å². The standard InChI is InChI=1S/C12H15N3OS/c1-9-10(17-8-14-9)11(16)15-5-3-12(2,7-13)4-6-15/h8H,3-6H2,1-2H3. The maximum atomic E-state index is 12.2. The molecule has 1 aromatic rings. The fourth-order valence-electron chi connectivity index (χ4n) is 1.97. The monoisotopic (exact) mass is 249 g/mol. The Labute approximate surface area is 105 Å². The van der Waals surface area contributed by atoms with Crippen molar-refractivity contribution in [1.29, 1.82) is 5.26 Å². The highest BCUT2D eigenvalue weighted by Gasteiger charge is 2.32. The minimum atomic E-state index is -0.264. The first kappa shape index (κ1) is 12.1. The van der Waals surface area contributed by atoms with Gasteiger partial charge in [0.2, 0.25) is 0 Å². The number of hydrogen-bond donors (Lipinski definition) is 0. The van der Waals surface area contributed by atoms with Gasteiger partial charge in [-0.05, 0) is 26.7 Å². The molecule has 1 saturated heterocycles. The van der Waals surface area contributed by atoms with Gasteiger partial charge in [0.25, 0.3) is 5.91 Å². The van der Waals surface area contributed by atoms with E-state index in [1.807, 2.05) is 18.7 Å². The Morgan fingerprint density at radius 3 is 2.71 bits per heavy atom. The van der Waals surface area contributed by atoms with Crippen molar-refractivity contribution in [3.63, 3.8) is 0 Å². The first-order valence-corrected chi connectivity index (χ1v) is 6.54. The van der Waals surface area contributed by atoms with Gasteiger partial charge in [0.05, 0.1) is 22.7 Å². The van der Waals surface area contributed by atoms with Crippen molar-refractivity contribution in [1.82, 2.24) is 9.88 Å². The number of aryl methyl sites for hydroxylation is 1. The second kappa shape index (κ2) is 4.46. The Morgan fingerprint density at radius 1 is 1.59 bits per heavy atom. The molecule has 1 amide bonds.